The minimum Gasteiger partial charge on any atom is -0.507 e. The lowest BCUT2D eigenvalue weighted by Gasteiger charge is -2.35. The Balaban J connectivity index is 1.28. The smallest absolute Gasteiger partial charge is 0.254 e. The lowest BCUT2D eigenvalue weighted by Crippen LogP contribution is -2.51. The van der Waals surface area contributed by atoms with E-state index in [1.807, 2.05) is 58.0 Å². The van der Waals surface area contributed by atoms with Gasteiger partial charge < -0.3 is 34.5 Å². The number of phenols is 2. The van der Waals surface area contributed by atoms with Crippen molar-refractivity contribution in [3.63, 3.8) is 0 Å². The number of ketones is 1. The van der Waals surface area contributed by atoms with Crippen LogP contribution in [0, 0.1) is 0 Å². The third-order valence-corrected chi connectivity index (χ3v) is 10.1. The minimum absolute atomic E-state index is 0.127. The summed E-state index contributed by atoms with van der Waals surface area (Å²) in [6.07, 6.45) is 4.02. The van der Waals surface area contributed by atoms with Gasteiger partial charge in [-0.2, -0.15) is 0 Å². The zero-order valence-electron chi connectivity index (χ0n) is 31.3. The normalized spacial score (nSPS) is 17.6. The van der Waals surface area contributed by atoms with Crippen LogP contribution < -0.4 is 9.80 Å². The van der Waals surface area contributed by atoms with E-state index >= 15 is 0 Å². The number of benzene rings is 3. The first-order chi connectivity index (χ1) is 25.1. The summed E-state index contributed by atoms with van der Waals surface area (Å²) in [4.78, 5) is 49.0. The molecule has 2 amide bonds. The number of anilines is 2. The molecule has 2 aliphatic heterocycles. The van der Waals surface area contributed by atoms with Crippen molar-refractivity contribution in [2.45, 2.75) is 60.2 Å². The van der Waals surface area contributed by atoms with E-state index in [1.54, 1.807) is 52.3 Å². The Hall–Kier alpha value is -5.09. The van der Waals surface area contributed by atoms with Crippen molar-refractivity contribution in [1.82, 2.24) is 9.80 Å². The van der Waals surface area contributed by atoms with Crippen LogP contribution in [0.25, 0.3) is 0 Å². The Bertz CT molecular complexity index is 1840. The Morgan fingerprint density at radius 2 is 1.31 bits per heavy atom. The quantitative estimate of drug-likeness (QED) is 0.0820. The lowest BCUT2D eigenvalue weighted by molar-refractivity contribution is -0.128. The van der Waals surface area contributed by atoms with Crippen LogP contribution in [0.5, 0.6) is 11.5 Å². The average Bonchev–Trinajstić information content (AvgIpc) is 3.95. The van der Waals surface area contributed by atoms with Gasteiger partial charge in [0.25, 0.3) is 5.91 Å². The number of allylic oxidation sites excluding steroid dienone is 1. The zero-order valence-corrected chi connectivity index (χ0v) is 31.3. The number of epoxide rings is 1. The van der Waals surface area contributed by atoms with Crippen LogP contribution in [0.3, 0.4) is 0 Å². The molecule has 52 heavy (non-hydrogen) atoms. The number of aromatic hydroxyl groups is 2. The summed E-state index contributed by atoms with van der Waals surface area (Å²) in [5, 5.41) is 21.7. The fraction of sp³-hybridized carbons (Fsp3) is 0.405. The summed E-state index contributed by atoms with van der Waals surface area (Å²) in [6.45, 7) is 16.5. The van der Waals surface area contributed by atoms with Gasteiger partial charge in [-0.05, 0) is 70.9 Å². The van der Waals surface area contributed by atoms with Crippen molar-refractivity contribution in [2.75, 3.05) is 62.2 Å². The number of rotatable bonds is 14. The molecule has 2 unspecified atom stereocenters. The molecule has 3 aromatic rings. The molecule has 10 heteroatoms. The number of amides is 2. The van der Waals surface area contributed by atoms with Crippen LogP contribution in [0.15, 0.2) is 84.0 Å². The lowest BCUT2D eigenvalue weighted by atomic mass is 9.96. The largest absolute Gasteiger partial charge is 0.507 e. The van der Waals surface area contributed by atoms with Crippen LogP contribution in [0.1, 0.15) is 85.9 Å². The minimum atomic E-state index is -0.427. The molecule has 5 rings (SSSR count). The molecule has 10 nitrogen and oxygen atoms in total. The molecule has 2 N–H and O–H groups in total. The van der Waals surface area contributed by atoms with E-state index in [9.17, 15) is 24.6 Å². The summed E-state index contributed by atoms with van der Waals surface area (Å²) in [5.41, 5.74) is 4.42. The Kier molecular flexibility index (Phi) is 12.4. The highest BCUT2D eigenvalue weighted by molar-refractivity contribution is 6.16. The fourth-order valence-corrected chi connectivity index (χ4v) is 6.98. The van der Waals surface area contributed by atoms with Gasteiger partial charge in [-0.15, -0.1) is 0 Å². The third-order valence-electron chi connectivity index (χ3n) is 10.1. The number of hydrogen-bond acceptors (Lipinski definition) is 8. The van der Waals surface area contributed by atoms with E-state index < -0.39 is 5.78 Å². The van der Waals surface area contributed by atoms with Gasteiger partial charge in [0, 0.05) is 92.6 Å². The van der Waals surface area contributed by atoms with Gasteiger partial charge in [-0.3, -0.25) is 14.4 Å². The van der Waals surface area contributed by atoms with Gasteiger partial charge in [0.05, 0.1) is 11.1 Å². The van der Waals surface area contributed by atoms with E-state index in [-0.39, 0.29) is 52.2 Å². The molecule has 2 heterocycles. The molecule has 0 saturated carbocycles. The van der Waals surface area contributed by atoms with Crippen molar-refractivity contribution >= 4 is 29.0 Å². The topological polar surface area (TPSA) is 117 Å². The van der Waals surface area contributed by atoms with Crippen molar-refractivity contribution in [3.05, 3.63) is 106 Å². The Labute approximate surface area is 307 Å². The Morgan fingerprint density at radius 3 is 1.87 bits per heavy atom. The predicted octanol–water partition coefficient (Wildman–Crippen LogP) is 6.73. The molecule has 2 aliphatic rings. The number of nitrogens with zero attached hydrogens (tertiary/aromatic N) is 4. The molecule has 2 saturated heterocycles. The van der Waals surface area contributed by atoms with Crippen molar-refractivity contribution in [2.24, 2.45) is 0 Å². The molecular weight excluding hydrogens is 656 g/mol. The molecule has 0 aliphatic carbocycles. The van der Waals surface area contributed by atoms with Crippen LogP contribution in [0.2, 0.25) is 0 Å². The van der Waals surface area contributed by atoms with E-state index in [2.05, 4.69) is 23.6 Å². The predicted molar refractivity (Wildman–Crippen MR) is 205 cm³/mol. The Morgan fingerprint density at radius 1 is 0.750 bits per heavy atom. The van der Waals surface area contributed by atoms with Gasteiger partial charge >= 0.3 is 0 Å². The highest BCUT2D eigenvalue weighted by Gasteiger charge is 2.45. The fourth-order valence-electron chi connectivity index (χ4n) is 6.98. The SMILES string of the molecule is CCC=CC(=C(C)C(=O)N1CCN(C(=O)c2ccccc2C(=O)c2ccc(N(CC)CC)cc2O)CC1)C1OC1c1ccc(N(CC)CC)cc1O. The molecule has 0 bridgehead atoms. The first-order valence-corrected chi connectivity index (χ1v) is 18.5. The maximum Gasteiger partial charge on any atom is 0.254 e. The summed E-state index contributed by atoms with van der Waals surface area (Å²) in [7, 11) is 0. The molecule has 0 spiro atoms. The van der Waals surface area contributed by atoms with Gasteiger partial charge in [0.15, 0.2) is 5.78 Å². The van der Waals surface area contributed by atoms with Gasteiger partial charge in [0.1, 0.15) is 23.7 Å². The van der Waals surface area contributed by atoms with E-state index in [0.717, 1.165) is 49.5 Å². The second kappa shape index (κ2) is 17.0. The van der Waals surface area contributed by atoms with Crippen LogP contribution in [-0.2, 0) is 9.53 Å². The summed E-state index contributed by atoms with van der Waals surface area (Å²) >= 11 is 0. The summed E-state index contributed by atoms with van der Waals surface area (Å²) in [5.74, 6) is -0.807. The maximum atomic E-state index is 13.9. The summed E-state index contributed by atoms with van der Waals surface area (Å²) < 4.78 is 6.10. The number of phenolic OH excluding ortho intramolecular Hbond substituents is 2. The number of carbonyl (C=O) groups is 3. The number of piperazine rings is 1. The highest BCUT2D eigenvalue weighted by atomic mass is 16.6. The first-order valence-electron chi connectivity index (χ1n) is 18.5. The van der Waals surface area contributed by atoms with Crippen molar-refractivity contribution in [3.8, 4) is 11.5 Å². The molecular formula is C42H52N4O6. The van der Waals surface area contributed by atoms with E-state index in [0.29, 0.717) is 37.3 Å². The van der Waals surface area contributed by atoms with Crippen LogP contribution in [-0.4, -0.2) is 96.1 Å². The summed E-state index contributed by atoms with van der Waals surface area (Å²) in [6, 6.07) is 17.3. The zero-order chi connectivity index (χ0) is 37.5. The van der Waals surface area contributed by atoms with E-state index in [4.69, 9.17) is 4.74 Å². The number of hydrogen-bond donors (Lipinski definition) is 2. The molecule has 0 radical (unpaired) electrons. The molecule has 0 aromatic heterocycles. The molecule has 3 aromatic carbocycles. The number of carbonyl (C=O) groups excluding carboxylic acids is 3. The second-order valence-corrected chi connectivity index (χ2v) is 13.1. The highest BCUT2D eigenvalue weighted by Crippen LogP contribution is 2.48. The van der Waals surface area contributed by atoms with E-state index in [1.165, 1.54) is 0 Å². The first kappa shape index (κ1) is 38.1. The monoisotopic (exact) mass is 708 g/mol. The molecule has 2 atom stereocenters. The van der Waals surface area contributed by atoms with Gasteiger partial charge in [0.2, 0.25) is 5.91 Å². The number of ether oxygens (including phenoxy) is 1. The van der Waals surface area contributed by atoms with Gasteiger partial charge in [-0.1, -0.05) is 43.3 Å². The van der Waals surface area contributed by atoms with Crippen LogP contribution in [0.4, 0.5) is 11.4 Å². The maximum absolute atomic E-state index is 13.9. The molecule has 2 fully saturated rings. The second-order valence-electron chi connectivity index (χ2n) is 13.1. The standard InChI is InChI=1S/C42H52N4O6/c1-7-12-15-31(39-40(52-39)35-21-19-30(27-37(35)48)44(10-4)11-5)28(6)41(50)45-22-24-46(25-23-45)42(51)33-17-14-13-16-32(33)38(49)34-20-18-29(26-36(34)47)43(8-2)9-3/h12-21,26-27,39-40,47-48H,7-11,22-25H2,1-6H3. The van der Waals surface area contributed by atoms with Crippen LogP contribution >= 0.6 is 0 Å². The third kappa shape index (κ3) is 8.02. The average molecular weight is 709 g/mol. The van der Waals surface area contributed by atoms with Crippen molar-refractivity contribution < 1.29 is 29.3 Å². The molecule has 276 valence electrons. The van der Waals surface area contributed by atoms with Crippen molar-refractivity contribution in [1.29, 1.82) is 0 Å². The van der Waals surface area contributed by atoms with Gasteiger partial charge in [-0.25, -0.2) is 0 Å².